The Kier molecular flexibility index (Phi) is 3.17. The second kappa shape index (κ2) is 4.99. The lowest BCUT2D eigenvalue weighted by Crippen LogP contribution is -2.39. The van der Waals surface area contributed by atoms with Crippen LogP contribution < -0.4 is 0 Å². The summed E-state index contributed by atoms with van der Waals surface area (Å²) in [6, 6.07) is 6.96. The lowest BCUT2D eigenvalue weighted by Gasteiger charge is -2.32. The van der Waals surface area contributed by atoms with E-state index in [-0.39, 0.29) is 17.2 Å². The third-order valence-corrected chi connectivity index (χ3v) is 5.46. The number of amides is 1. The summed E-state index contributed by atoms with van der Waals surface area (Å²) in [5, 5.41) is 10.5. The first-order valence-corrected chi connectivity index (χ1v) is 8.07. The molecule has 4 rings (SSSR count). The second-order valence-electron chi connectivity index (χ2n) is 6.54. The van der Waals surface area contributed by atoms with Crippen LogP contribution in [0.2, 0.25) is 5.02 Å². The van der Waals surface area contributed by atoms with E-state index < -0.39 is 5.97 Å². The molecule has 2 aromatic rings. The van der Waals surface area contributed by atoms with Gasteiger partial charge < -0.3 is 14.4 Å². The van der Waals surface area contributed by atoms with E-state index in [0.717, 1.165) is 24.6 Å². The molecule has 2 heterocycles. The van der Waals surface area contributed by atoms with Crippen LogP contribution in [0.15, 0.2) is 28.7 Å². The number of rotatable bonds is 2. The number of furan rings is 1. The average molecular weight is 334 g/mol. The quantitative estimate of drug-likeness (QED) is 0.914. The minimum absolute atomic E-state index is 0.0793. The maximum atomic E-state index is 12.6. The van der Waals surface area contributed by atoms with Gasteiger partial charge >= 0.3 is 5.97 Å². The number of carbonyl (C=O) groups excluding carboxylic acids is 1. The molecule has 2 fully saturated rings. The van der Waals surface area contributed by atoms with E-state index in [1.165, 1.54) is 0 Å². The maximum absolute atomic E-state index is 12.6. The normalized spacial score (nSPS) is 22.5. The Hall–Kier alpha value is -2.01. The zero-order valence-corrected chi connectivity index (χ0v) is 13.2. The lowest BCUT2D eigenvalue weighted by atomic mass is 9.90. The molecule has 23 heavy (non-hydrogen) atoms. The van der Waals surface area contributed by atoms with Gasteiger partial charge in [0.1, 0.15) is 5.58 Å². The Morgan fingerprint density at radius 3 is 2.65 bits per heavy atom. The van der Waals surface area contributed by atoms with Crippen LogP contribution in [-0.4, -0.2) is 35.0 Å². The van der Waals surface area contributed by atoms with Crippen molar-refractivity contribution in [2.45, 2.75) is 19.3 Å². The molecule has 1 atom stereocenters. The fourth-order valence-electron chi connectivity index (χ4n) is 3.68. The van der Waals surface area contributed by atoms with E-state index in [1.54, 1.807) is 29.2 Å². The van der Waals surface area contributed by atoms with Gasteiger partial charge in [0.2, 0.25) is 0 Å². The number of fused-ring (bicyclic) bond motifs is 1. The molecule has 5 nitrogen and oxygen atoms in total. The molecule has 1 aromatic carbocycles. The van der Waals surface area contributed by atoms with Gasteiger partial charge in [-0.05, 0) is 48.9 Å². The van der Waals surface area contributed by atoms with E-state index >= 15 is 0 Å². The molecule has 1 aromatic heterocycles. The number of carboxylic acids is 1. The fourth-order valence-corrected chi connectivity index (χ4v) is 3.86. The standard InChI is InChI=1S/C17H16ClNO4/c18-11-1-2-13-10(7-11)8-14(23-13)15(20)19-5-3-17(4-6-19)9-12(17)16(21)22/h1-2,7-8,12H,3-6,9H2,(H,21,22). The number of benzene rings is 1. The molecule has 6 heteroatoms. The predicted molar refractivity (Wildman–Crippen MR) is 84.5 cm³/mol. The Labute approximate surface area is 137 Å². The highest BCUT2D eigenvalue weighted by molar-refractivity contribution is 6.31. The smallest absolute Gasteiger partial charge is 0.307 e. The zero-order valence-electron chi connectivity index (χ0n) is 12.4. The number of aliphatic carboxylic acids is 1. The molecule has 1 unspecified atom stereocenters. The highest BCUT2D eigenvalue weighted by Gasteiger charge is 2.59. The molecule has 1 aliphatic carbocycles. The van der Waals surface area contributed by atoms with Crippen LogP contribution >= 0.6 is 11.6 Å². The Morgan fingerprint density at radius 2 is 2.00 bits per heavy atom. The molecule has 1 spiro atoms. The molecule has 1 N–H and O–H groups in total. The van der Waals surface area contributed by atoms with Crippen molar-refractivity contribution in [3.8, 4) is 0 Å². The van der Waals surface area contributed by atoms with Crippen LogP contribution in [0.1, 0.15) is 29.8 Å². The molecule has 0 bridgehead atoms. The highest BCUT2D eigenvalue weighted by atomic mass is 35.5. The number of hydrogen-bond donors (Lipinski definition) is 1. The third kappa shape index (κ3) is 2.39. The average Bonchev–Trinajstić information content (AvgIpc) is 3.06. The van der Waals surface area contributed by atoms with Crippen LogP contribution in [-0.2, 0) is 4.79 Å². The van der Waals surface area contributed by atoms with Crippen LogP contribution in [0, 0.1) is 11.3 Å². The predicted octanol–water partition coefficient (Wildman–Crippen LogP) is 3.41. The molecular weight excluding hydrogens is 318 g/mol. The molecule has 2 aliphatic rings. The Balaban J connectivity index is 1.48. The monoisotopic (exact) mass is 333 g/mol. The van der Waals surface area contributed by atoms with Gasteiger partial charge in [0.15, 0.2) is 5.76 Å². The number of carbonyl (C=O) groups is 2. The van der Waals surface area contributed by atoms with Gasteiger partial charge in [-0.1, -0.05) is 11.6 Å². The first-order chi connectivity index (χ1) is 11.0. The molecule has 1 saturated carbocycles. The van der Waals surface area contributed by atoms with Gasteiger partial charge in [-0.3, -0.25) is 9.59 Å². The topological polar surface area (TPSA) is 70.8 Å². The van der Waals surface area contributed by atoms with Crippen molar-refractivity contribution >= 4 is 34.4 Å². The minimum Gasteiger partial charge on any atom is -0.481 e. The van der Waals surface area contributed by atoms with Gasteiger partial charge in [0.25, 0.3) is 5.91 Å². The summed E-state index contributed by atoms with van der Waals surface area (Å²) in [5.41, 5.74) is 0.559. The molecular formula is C17H16ClNO4. The molecule has 1 aliphatic heterocycles. The lowest BCUT2D eigenvalue weighted by molar-refractivity contribution is -0.139. The SMILES string of the molecule is O=C(O)C1CC12CCN(C(=O)c1cc3cc(Cl)ccc3o1)CC2. The van der Waals surface area contributed by atoms with Gasteiger partial charge in [-0.15, -0.1) is 0 Å². The molecule has 1 amide bonds. The van der Waals surface area contributed by atoms with Crippen LogP contribution in [0.25, 0.3) is 11.0 Å². The van der Waals surface area contributed by atoms with E-state index in [2.05, 4.69) is 0 Å². The van der Waals surface area contributed by atoms with Crippen molar-refractivity contribution in [2.75, 3.05) is 13.1 Å². The van der Waals surface area contributed by atoms with Gasteiger partial charge in [0, 0.05) is 23.5 Å². The maximum Gasteiger partial charge on any atom is 0.307 e. The largest absolute Gasteiger partial charge is 0.481 e. The first-order valence-electron chi connectivity index (χ1n) is 7.70. The summed E-state index contributed by atoms with van der Waals surface area (Å²) >= 11 is 5.95. The second-order valence-corrected chi connectivity index (χ2v) is 6.98. The number of piperidine rings is 1. The summed E-state index contributed by atoms with van der Waals surface area (Å²) in [4.78, 5) is 25.4. The summed E-state index contributed by atoms with van der Waals surface area (Å²) in [5.74, 6) is -0.768. The van der Waals surface area contributed by atoms with Crippen molar-refractivity contribution in [3.63, 3.8) is 0 Å². The third-order valence-electron chi connectivity index (χ3n) is 5.22. The van der Waals surface area contributed by atoms with E-state index in [9.17, 15) is 9.59 Å². The van der Waals surface area contributed by atoms with Crippen LogP contribution in [0.5, 0.6) is 0 Å². The number of hydrogen-bond acceptors (Lipinski definition) is 3. The fraction of sp³-hybridized carbons (Fsp3) is 0.412. The number of carboxylic acid groups (broad SMARTS) is 1. The van der Waals surface area contributed by atoms with E-state index in [0.29, 0.717) is 29.5 Å². The van der Waals surface area contributed by atoms with Gasteiger partial charge in [-0.2, -0.15) is 0 Å². The van der Waals surface area contributed by atoms with Crippen LogP contribution in [0.4, 0.5) is 0 Å². The first kappa shape index (κ1) is 14.6. The number of halogens is 1. The van der Waals surface area contributed by atoms with Crippen molar-refractivity contribution in [1.29, 1.82) is 0 Å². The van der Waals surface area contributed by atoms with Crippen molar-refractivity contribution in [2.24, 2.45) is 11.3 Å². The van der Waals surface area contributed by atoms with Gasteiger partial charge in [-0.25, -0.2) is 0 Å². The Bertz CT molecular complexity index is 804. The van der Waals surface area contributed by atoms with Crippen molar-refractivity contribution < 1.29 is 19.1 Å². The molecule has 0 radical (unpaired) electrons. The summed E-state index contributed by atoms with van der Waals surface area (Å²) in [6.45, 7) is 1.17. The van der Waals surface area contributed by atoms with Crippen molar-refractivity contribution in [3.05, 3.63) is 35.0 Å². The van der Waals surface area contributed by atoms with Gasteiger partial charge in [0.05, 0.1) is 5.92 Å². The Morgan fingerprint density at radius 1 is 1.26 bits per heavy atom. The number of nitrogens with zero attached hydrogens (tertiary/aromatic N) is 1. The molecule has 1 saturated heterocycles. The van der Waals surface area contributed by atoms with E-state index in [4.69, 9.17) is 21.1 Å². The summed E-state index contributed by atoms with van der Waals surface area (Å²) < 4.78 is 5.62. The number of likely N-dealkylation sites (tertiary alicyclic amines) is 1. The summed E-state index contributed by atoms with van der Waals surface area (Å²) in [6.07, 6.45) is 2.25. The van der Waals surface area contributed by atoms with E-state index in [1.807, 2.05) is 0 Å². The minimum atomic E-state index is -0.709. The van der Waals surface area contributed by atoms with Crippen molar-refractivity contribution in [1.82, 2.24) is 4.90 Å². The molecule has 120 valence electrons. The highest BCUT2D eigenvalue weighted by Crippen LogP contribution is 2.59. The zero-order chi connectivity index (χ0) is 16.2. The summed E-state index contributed by atoms with van der Waals surface area (Å²) in [7, 11) is 0. The van der Waals surface area contributed by atoms with Crippen LogP contribution in [0.3, 0.4) is 0 Å².